The number of nitrogens with zero attached hydrogens (tertiary/aromatic N) is 2. The van der Waals surface area contributed by atoms with Gasteiger partial charge in [0.15, 0.2) is 5.69 Å². The van der Waals surface area contributed by atoms with Crippen LogP contribution < -0.4 is 5.32 Å². The zero-order valence-corrected chi connectivity index (χ0v) is 15.8. The average molecular weight is 407 g/mol. The van der Waals surface area contributed by atoms with Gasteiger partial charge in [0.25, 0.3) is 5.91 Å². The zero-order valence-electron chi connectivity index (χ0n) is 13.6. The molecule has 0 unspecified atom stereocenters. The molecule has 120 valence electrons. The Labute approximate surface area is 141 Å². The van der Waals surface area contributed by atoms with Gasteiger partial charge in [0.05, 0.1) is 4.43 Å². The first-order valence-corrected chi connectivity index (χ1v) is 8.88. The Morgan fingerprint density at radius 3 is 2.48 bits per heavy atom. The fourth-order valence-electron chi connectivity index (χ4n) is 2.22. The Morgan fingerprint density at radius 2 is 2.00 bits per heavy atom. The van der Waals surface area contributed by atoms with Crippen molar-refractivity contribution < 1.29 is 9.32 Å². The van der Waals surface area contributed by atoms with Crippen LogP contribution in [0, 0.1) is 12.3 Å². The third kappa shape index (κ3) is 5.25. The molecule has 1 amide bonds. The van der Waals surface area contributed by atoms with Gasteiger partial charge in [-0.05, 0) is 25.4 Å². The Hall–Kier alpha value is -0.630. The predicted octanol–water partition coefficient (Wildman–Crippen LogP) is 3.02. The highest BCUT2D eigenvalue weighted by Gasteiger charge is 2.24. The number of alkyl halides is 1. The van der Waals surface area contributed by atoms with Gasteiger partial charge in [0.2, 0.25) is 0 Å². The molecule has 6 heteroatoms. The van der Waals surface area contributed by atoms with Gasteiger partial charge in [-0.3, -0.25) is 4.79 Å². The molecule has 0 atom stereocenters. The molecule has 0 aromatic carbocycles. The molecule has 1 rings (SSSR count). The van der Waals surface area contributed by atoms with Crippen LogP contribution in [0.25, 0.3) is 0 Å². The lowest BCUT2D eigenvalue weighted by Gasteiger charge is -2.31. The third-order valence-electron chi connectivity index (χ3n) is 3.63. The molecule has 0 bridgehead atoms. The van der Waals surface area contributed by atoms with Crippen molar-refractivity contribution in [1.82, 2.24) is 15.4 Å². The number of carbonyl (C=O) groups excluding carboxylic acids is 1. The van der Waals surface area contributed by atoms with Gasteiger partial charge in [0, 0.05) is 18.7 Å². The SMILES string of the molecule is CCN(CC)CC(C)(C)CNC(=O)c1noc(CI)c1C. The summed E-state index contributed by atoms with van der Waals surface area (Å²) in [5, 5.41) is 6.86. The molecule has 0 saturated carbocycles. The van der Waals surface area contributed by atoms with Crippen molar-refractivity contribution in [3.8, 4) is 0 Å². The van der Waals surface area contributed by atoms with Crippen LogP contribution in [0.3, 0.4) is 0 Å². The Bertz CT molecular complexity index is 467. The highest BCUT2D eigenvalue weighted by Crippen LogP contribution is 2.18. The van der Waals surface area contributed by atoms with E-state index >= 15 is 0 Å². The number of aromatic nitrogens is 1. The molecule has 1 N–H and O–H groups in total. The molecule has 1 aromatic rings. The summed E-state index contributed by atoms with van der Waals surface area (Å²) in [6, 6.07) is 0. The van der Waals surface area contributed by atoms with Gasteiger partial charge >= 0.3 is 0 Å². The first-order chi connectivity index (χ1) is 9.84. The number of hydrogen-bond acceptors (Lipinski definition) is 4. The summed E-state index contributed by atoms with van der Waals surface area (Å²) in [6.45, 7) is 14.1. The number of carbonyl (C=O) groups is 1. The second kappa shape index (κ2) is 8.12. The van der Waals surface area contributed by atoms with Gasteiger partial charge in [-0.15, -0.1) is 0 Å². The predicted molar refractivity (Wildman–Crippen MR) is 92.9 cm³/mol. The van der Waals surface area contributed by atoms with E-state index in [2.05, 4.69) is 65.7 Å². The fourth-order valence-corrected chi connectivity index (χ4v) is 2.93. The second-order valence-corrected chi connectivity index (χ2v) is 6.78. The van der Waals surface area contributed by atoms with Crippen molar-refractivity contribution in [2.45, 2.75) is 39.0 Å². The van der Waals surface area contributed by atoms with E-state index in [4.69, 9.17) is 4.52 Å². The van der Waals surface area contributed by atoms with Crippen LogP contribution in [0.1, 0.15) is 49.5 Å². The summed E-state index contributed by atoms with van der Waals surface area (Å²) in [4.78, 5) is 14.6. The molecule has 0 radical (unpaired) electrons. The molecule has 1 heterocycles. The fraction of sp³-hybridized carbons (Fsp3) is 0.733. The van der Waals surface area contributed by atoms with Crippen LogP contribution in [0.15, 0.2) is 4.52 Å². The maximum atomic E-state index is 12.2. The first-order valence-electron chi connectivity index (χ1n) is 7.36. The molecule has 0 saturated heterocycles. The van der Waals surface area contributed by atoms with Crippen molar-refractivity contribution in [1.29, 1.82) is 0 Å². The van der Waals surface area contributed by atoms with E-state index in [9.17, 15) is 4.79 Å². The maximum Gasteiger partial charge on any atom is 0.273 e. The molecule has 21 heavy (non-hydrogen) atoms. The monoisotopic (exact) mass is 407 g/mol. The minimum atomic E-state index is -0.153. The van der Waals surface area contributed by atoms with E-state index in [0.29, 0.717) is 12.2 Å². The minimum absolute atomic E-state index is 0.0193. The number of nitrogens with one attached hydrogen (secondary N) is 1. The van der Waals surface area contributed by atoms with E-state index in [1.54, 1.807) is 0 Å². The molecular formula is C15H26IN3O2. The number of halogens is 1. The maximum absolute atomic E-state index is 12.2. The summed E-state index contributed by atoms with van der Waals surface area (Å²) >= 11 is 2.20. The van der Waals surface area contributed by atoms with Gasteiger partial charge in [-0.2, -0.15) is 0 Å². The quantitative estimate of drug-likeness (QED) is 0.532. The van der Waals surface area contributed by atoms with E-state index in [0.717, 1.165) is 35.4 Å². The smallest absolute Gasteiger partial charge is 0.273 e. The van der Waals surface area contributed by atoms with Gasteiger partial charge in [-0.1, -0.05) is 55.4 Å². The molecule has 0 spiro atoms. The molecule has 0 fully saturated rings. The van der Waals surface area contributed by atoms with Gasteiger partial charge < -0.3 is 14.7 Å². The summed E-state index contributed by atoms with van der Waals surface area (Å²) in [5.41, 5.74) is 1.26. The molecule has 0 aliphatic rings. The van der Waals surface area contributed by atoms with Gasteiger partial charge in [0.1, 0.15) is 5.76 Å². The van der Waals surface area contributed by atoms with E-state index in [-0.39, 0.29) is 11.3 Å². The van der Waals surface area contributed by atoms with Crippen molar-refractivity contribution in [2.75, 3.05) is 26.2 Å². The summed E-state index contributed by atoms with van der Waals surface area (Å²) in [7, 11) is 0. The van der Waals surface area contributed by atoms with Crippen LogP contribution in [0.4, 0.5) is 0 Å². The van der Waals surface area contributed by atoms with Crippen molar-refractivity contribution in [2.24, 2.45) is 5.41 Å². The second-order valence-electron chi connectivity index (χ2n) is 6.02. The summed E-state index contributed by atoms with van der Waals surface area (Å²) < 4.78 is 5.89. The largest absolute Gasteiger partial charge is 0.359 e. The summed E-state index contributed by atoms with van der Waals surface area (Å²) in [6.07, 6.45) is 0. The van der Waals surface area contributed by atoms with E-state index in [1.807, 2.05) is 6.92 Å². The van der Waals surface area contributed by atoms with Crippen LogP contribution >= 0.6 is 22.6 Å². The number of rotatable bonds is 8. The van der Waals surface area contributed by atoms with Crippen LogP contribution in [-0.4, -0.2) is 42.1 Å². The lowest BCUT2D eigenvalue weighted by atomic mass is 9.92. The standard InChI is InChI=1S/C15H26IN3O2/c1-6-19(7-2)10-15(4,5)9-17-14(20)13-11(3)12(8-16)21-18-13/h6-10H2,1-5H3,(H,17,20). The lowest BCUT2D eigenvalue weighted by Crippen LogP contribution is -2.42. The Morgan fingerprint density at radius 1 is 1.38 bits per heavy atom. The minimum Gasteiger partial charge on any atom is -0.359 e. The van der Waals surface area contributed by atoms with Gasteiger partial charge in [-0.25, -0.2) is 0 Å². The molecular weight excluding hydrogens is 381 g/mol. The average Bonchev–Trinajstić information content (AvgIpc) is 2.83. The van der Waals surface area contributed by atoms with Crippen LogP contribution in [0.2, 0.25) is 0 Å². The van der Waals surface area contributed by atoms with E-state index in [1.165, 1.54) is 0 Å². The van der Waals surface area contributed by atoms with Crippen LogP contribution in [0.5, 0.6) is 0 Å². The highest BCUT2D eigenvalue weighted by atomic mass is 127. The number of hydrogen-bond donors (Lipinski definition) is 1. The molecule has 5 nitrogen and oxygen atoms in total. The zero-order chi connectivity index (χ0) is 16.0. The van der Waals surface area contributed by atoms with Crippen molar-refractivity contribution in [3.63, 3.8) is 0 Å². The van der Waals surface area contributed by atoms with Crippen molar-refractivity contribution >= 4 is 28.5 Å². The topological polar surface area (TPSA) is 58.4 Å². The lowest BCUT2D eigenvalue weighted by molar-refractivity contribution is 0.0914. The first kappa shape index (κ1) is 18.4. The Balaban J connectivity index is 2.61. The molecule has 0 aliphatic carbocycles. The normalized spacial score (nSPS) is 12.0. The van der Waals surface area contributed by atoms with Crippen molar-refractivity contribution in [3.05, 3.63) is 17.0 Å². The van der Waals surface area contributed by atoms with E-state index < -0.39 is 0 Å². The molecule has 0 aliphatic heterocycles. The highest BCUT2D eigenvalue weighted by molar-refractivity contribution is 14.1. The number of amides is 1. The summed E-state index contributed by atoms with van der Waals surface area (Å²) in [5.74, 6) is 0.614. The molecule has 1 aromatic heterocycles. The van der Waals surface area contributed by atoms with Crippen LogP contribution in [-0.2, 0) is 4.43 Å². The Kier molecular flexibility index (Phi) is 7.12. The third-order valence-corrected chi connectivity index (χ3v) is 4.32.